The lowest BCUT2D eigenvalue weighted by Gasteiger charge is -2.21. The summed E-state index contributed by atoms with van der Waals surface area (Å²) in [5, 5.41) is 3.05. The molecule has 0 saturated heterocycles. The zero-order valence-electron chi connectivity index (χ0n) is 15.5. The van der Waals surface area contributed by atoms with E-state index in [9.17, 15) is 4.79 Å². The number of carbonyl (C=O) groups excluding carboxylic acids is 1. The van der Waals surface area contributed by atoms with E-state index in [0.29, 0.717) is 25.7 Å². The Morgan fingerprint density at radius 1 is 1.12 bits per heavy atom. The molecule has 0 aromatic heterocycles. The van der Waals surface area contributed by atoms with E-state index in [1.54, 1.807) is 0 Å². The van der Waals surface area contributed by atoms with Crippen molar-refractivity contribution in [2.45, 2.75) is 45.3 Å². The van der Waals surface area contributed by atoms with Crippen molar-refractivity contribution in [1.29, 1.82) is 0 Å². The van der Waals surface area contributed by atoms with E-state index in [2.05, 4.69) is 29.3 Å². The molecule has 1 saturated carbocycles. The number of ether oxygens (including phenoxy) is 1. The summed E-state index contributed by atoms with van der Waals surface area (Å²) in [6.07, 6.45) is 3.37. The van der Waals surface area contributed by atoms with E-state index >= 15 is 0 Å². The number of amides is 1. The molecule has 4 nitrogen and oxygen atoms in total. The number of hydrogen-bond acceptors (Lipinski definition) is 3. The van der Waals surface area contributed by atoms with Crippen LogP contribution in [0.15, 0.2) is 54.6 Å². The summed E-state index contributed by atoms with van der Waals surface area (Å²) >= 11 is 0. The lowest BCUT2D eigenvalue weighted by molar-refractivity contribution is -0.122. The molecule has 1 N–H and O–H groups in total. The third-order valence-corrected chi connectivity index (χ3v) is 4.50. The van der Waals surface area contributed by atoms with Crippen molar-refractivity contribution in [2.24, 2.45) is 0 Å². The molecule has 1 fully saturated rings. The second-order valence-electron chi connectivity index (χ2n) is 6.89. The molecule has 0 spiro atoms. The maximum atomic E-state index is 12.4. The summed E-state index contributed by atoms with van der Waals surface area (Å²) in [6, 6.07) is 18.9. The number of hydrogen-bond donors (Lipinski definition) is 1. The van der Waals surface area contributed by atoms with Gasteiger partial charge in [0, 0.05) is 19.1 Å². The van der Waals surface area contributed by atoms with Crippen molar-refractivity contribution < 1.29 is 9.53 Å². The predicted octanol–water partition coefficient (Wildman–Crippen LogP) is 3.76. The lowest BCUT2D eigenvalue weighted by atomic mass is 10.2. The summed E-state index contributed by atoms with van der Waals surface area (Å²) in [5.41, 5.74) is 2.32. The van der Waals surface area contributed by atoms with Gasteiger partial charge in [0.15, 0.2) is 0 Å². The number of carbonyl (C=O) groups is 1. The van der Waals surface area contributed by atoms with Crippen molar-refractivity contribution in [1.82, 2.24) is 10.2 Å². The zero-order chi connectivity index (χ0) is 18.2. The summed E-state index contributed by atoms with van der Waals surface area (Å²) in [6.45, 7) is 4.62. The zero-order valence-corrected chi connectivity index (χ0v) is 15.5. The van der Waals surface area contributed by atoms with E-state index in [1.165, 1.54) is 18.4 Å². The summed E-state index contributed by atoms with van der Waals surface area (Å²) in [7, 11) is 0. The Morgan fingerprint density at radius 2 is 1.88 bits per heavy atom. The molecular weight excluding hydrogens is 324 g/mol. The van der Waals surface area contributed by atoms with E-state index in [-0.39, 0.29) is 5.91 Å². The third kappa shape index (κ3) is 5.88. The Hall–Kier alpha value is -2.33. The van der Waals surface area contributed by atoms with Gasteiger partial charge in [-0.05, 0) is 42.5 Å². The van der Waals surface area contributed by atoms with Gasteiger partial charge in [-0.3, -0.25) is 9.69 Å². The third-order valence-electron chi connectivity index (χ3n) is 4.50. The van der Waals surface area contributed by atoms with Crippen molar-refractivity contribution >= 4 is 5.91 Å². The van der Waals surface area contributed by atoms with Crippen LogP contribution in [0.2, 0.25) is 0 Å². The fourth-order valence-electron chi connectivity index (χ4n) is 2.98. The largest absolute Gasteiger partial charge is 0.494 e. The molecule has 138 valence electrons. The van der Waals surface area contributed by atoms with Crippen LogP contribution in [0.4, 0.5) is 0 Å². The molecule has 2 aromatic carbocycles. The maximum absolute atomic E-state index is 12.4. The Bertz CT molecular complexity index is 698. The molecule has 0 heterocycles. The first-order valence-electron chi connectivity index (χ1n) is 9.51. The Morgan fingerprint density at radius 3 is 2.62 bits per heavy atom. The first kappa shape index (κ1) is 18.5. The first-order chi connectivity index (χ1) is 12.7. The topological polar surface area (TPSA) is 41.6 Å². The Kier molecular flexibility index (Phi) is 6.67. The van der Waals surface area contributed by atoms with E-state index in [0.717, 1.165) is 24.3 Å². The fourth-order valence-corrected chi connectivity index (χ4v) is 2.98. The van der Waals surface area contributed by atoms with Gasteiger partial charge < -0.3 is 10.1 Å². The van der Waals surface area contributed by atoms with Gasteiger partial charge in [0.05, 0.1) is 13.2 Å². The van der Waals surface area contributed by atoms with Gasteiger partial charge in [-0.2, -0.15) is 0 Å². The lowest BCUT2D eigenvalue weighted by Crippen LogP contribution is -2.37. The highest BCUT2D eigenvalue weighted by Crippen LogP contribution is 2.28. The van der Waals surface area contributed by atoms with Crippen LogP contribution in [0, 0.1) is 0 Å². The summed E-state index contributed by atoms with van der Waals surface area (Å²) < 4.78 is 5.65. The summed E-state index contributed by atoms with van der Waals surface area (Å²) in [5.74, 6) is 0.940. The highest BCUT2D eigenvalue weighted by Gasteiger charge is 2.30. The number of nitrogens with zero attached hydrogens (tertiary/aromatic N) is 1. The van der Waals surface area contributed by atoms with Crippen molar-refractivity contribution in [3.63, 3.8) is 0 Å². The average Bonchev–Trinajstić information content (AvgIpc) is 3.51. The first-order valence-corrected chi connectivity index (χ1v) is 9.51. The molecule has 26 heavy (non-hydrogen) atoms. The minimum absolute atomic E-state index is 0.0766. The summed E-state index contributed by atoms with van der Waals surface area (Å²) in [4.78, 5) is 14.7. The molecule has 4 heteroatoms. The minimum Gasteiger partial charge on any atom is -0.494 e. The van der Waals surface area contributed by atoms with Crippen LogP contribution in [0.3, 0.4) is 0 Å². The molecule has 2 aromatic rings. The van der Waals surface area contributed by atoms with Gasteiger partial charge in [-0.25, -0.2) is 0 Å². The van der Waals surface area contributed by atoms with Gasteiger partial charge in [0.1, 0.15) is 5.75 Å². The van der Waals surface area contributed by atoms with Gasteiger partial charge in [0.25, 0.3) is 0 Å². The van der Waals surface area contributed by atoms with Crippen LogP contribution in [-0.2, 0) is 17.9 Å². The van der Waals surface area contributed by atoms with Gasteiger partial charge in [0.2, 0.25) is 5.91 Å². The number of nitrogens with one attached hydrogen (secondary N) is 1. The van der Waals surface area contributed by atoms with Crippen molar-refractivity contribution in [3.8, 4) is 5.75 Å². The highest BCUT2D eigenvalue weighted by atomic mass is 16.5. The molecule has 0 atom stereocenters. The van der Waals surface area contributed by atoms with Crippen LogP contribution >= 0.6 is 0 Å². The van der Waals surface area contributed by atoms with Crippen LogP contribution in [-0.4, -0.2) is 30.0 Å². The molecule has 1 aliphatic rings. The standard InChI is InChI=1S/C22H28N2O2/c1-2-13-26-21-10-6-9-19(14-21)15-23-22(25)17-24(20-11-12-20)16-18-7-4-3-5-8-18/h3-10,14,20H,2,11-13,15-17H2,1H3,(H,23,25). The monoisotopic (exact) mass is 352 g/mol. The number of rotatable bonds is 10. The van der Waals surface area contributed by atoms with E-state index in [4.69, 9.17) is 4.74 Å². The van der Waals surface area contributed by atoms with Gasteiger partial charge in [-0.1, -0.05) is 49.4 Å². The Labute approximate surface area is 156 Å². The van der Waals surface area contributed by atoms with Gasteiger partial charge in [-0.15, -0.1) is 0 Å². The van der Waals surface area contributed by atoms with Crippen LogP contribution in [0.5, 0.6) is 5.75 Å². The van der Waals surface area contributed by atoms with Crippen LogP contribution < -0.4 is 10.1 Å². The molecule has 0 aliphatic heterocycles. The normalized spacial score (nSPS) is 13.6. The minimum atomic E-state index is 0.0766. The van der Waals surface area contributed by atoms with Crippen LogP contribution in [0.1, 0.15) is 37.3 Å². The average molecular weight is 352 g/mol. The second-order valence-corrected chi connectivity index (χ2v) is 6.89. The quantitative estimate of drug-likeness (QED) is 0.708. The molecule has 1 amide bonds. The Balaban J connectivity index is 1.49. The fraction of sp³-hybridized carbons (Fsp3) is 0.409. The predicted molar refractivity (Wildman–Crippen MR) is 104 cm³/mol. The SMILES string of the molecule is CCCOc1cccc(CNC(=O)CN(Cc2ccccc2)C2CC2)c1. The molecule has 3 rings (SSSR count). The van der Waals surface area contributed by atoms with E-state index < -0.39 is 0 Å². The molecule has 0 bridgehead atoms. The van der Waals surface area contributed by atoms with Crippen LogP contribution in [0.25, 0.3) is 0 Å². The number of benzene rings is 2. The maximum Gasteiger partial charge on any atom is 0.234 e. The molecule has 1 aliphatic carbocycles. The smallest absolute Gasteiger partial charge is 0.234 e. The highest BCUT2D eigenvalue weighted by molar-refractivity contribution is 5.78. The second kappa shape index (κ2) is 9.39. The molecular formula is C22H28N2O2. The molecule has 0 radical (unpaired) electrons. The van der Waals surface area contributed by atoms with Crippen molar-refractivity contribution in [3.05, 3.63) is 65.7 Å². The molecule has 0 unspecified atom stereocenters. The van der Waals surface area contributed by atoms with Gasteiger partial charge >= 0.3 is 0 Å². The van der Waals surface area contributed by atoms with E-state index in [1.807, 2.05) is 42.5 Å². The van der Waals surface area contributed by atoms with Crippen molar-refractivity contribution in [2.75, 3.05) is 13.2 Å².